The number of carbonyl (C=O) groups excluding carboxylic acids is 1. The number of nitrogens with zero attached hydrogens (tertiary/aromatic N) is 4. The summed E-state index contributed by atoms with van der Waals surface area (Å²) >= 11 is 15.7. The number of rotatable bonds is 5. The maximum absolute atomic E-state index is 12.8. The van der Waals surface area contributed by atoms with E-state index in [1.54, 1.807) is 23.0 Å². The number of hydrogen-bond donors (Lipinski definition) is 1. The molecule has 0 aliphatic heterocycles. The van der Waals surface area contributed by atoms with Crippen LogP contribution in [0.4, 0.5) is 5.69 Å². The Morgan fingerprint density at radius 2 is 1.96 bits per heavy atom. The van der Waals surface area contributed by atoms with E-state index in [9.17, 15) is 4.79 Å². The second-order valence-electron chi connectivity index (χ2n) is 6.63. The summed E-state index contributed by atoms with van der Waals surface area (Å²) in [5, 5.41) is 13.0. The van der Waals surface area contributed by atoms with Gasteiger partial charge in [0.15, 0.2) is 0 Å². The topological polar surface area (TPSA) is 64.7 Å². The molecule has 9 heteroatoms. The van der Waals surface area contributed by atoms with Crippen molar-refractivity contribution in [3.05, 3.63) is 61.6 Å². The van der Waals surface area contributed by atoms with Gasteiger partial charge >= 0.3 is 0 Å². The molecular weight excluding hydrogens is 465 g/mol. The van der Waals surface area contributed by atoms with Crippen LogP contribution in [0.15, 0.2) is 28.9 Å². The molecule has 0 spiro atoms. The van der Waals surface area contributed by atoms with Gasteiger partial charge in [0.1, 0.15) is 6.04 Å². The van der Waals surface area contributed by atoms with Crippen LogP contribution in [0, 0.1) is 20.8 Å². The number of anilines is 1. The number of aromatic nitrogens is 4. The lowest BCUT2D eigenvalue weighted by Crippen LogP contribution is -2.25. The second kappa shape index (κ2) is 8.27. The lowest BCUT2D eigenvalue weighted by Gasteiger charge is -2.15. The van der Waals surface area contributed by atoms with E-state index in [2.05, 4.69) is 31.4 Å². The van der Waals surface area contributed by atoms with Crippen LogP contribution >= 0.6 is 39.1 Å². The molecule has 2 aromatic heterocycles. The predicted molar refractivity (Wildman–Crippen MR) is 115 cm³/mol. The number of benzene rings is 1. The van der Waals surface area contributed by atoms with Crippen LogP contribution in [0.2, 0.25) is 10.0 Å². The van der Waals surface area contributed by atoms with E-state index in [0.29, 0.717) is 22.3 Å². The average molecular weight is 485 g/mol. The van der Waals surface area contributed by atoms with E-state index in [1.807, 2.05) is 38.4 Å². The van der Waals surface area contributed by atoms with E-state index in [1.165, 1.54) is 0 Å². The van der Waals surface area contributed by atoms with Crippen molar-refractivity contribution in [2.75, 3.05) is 5.32 Å². The number of nitrogens with one attached hydrogen (secondary N) is 1. The number of halogens is 3. The minimum absolute atomic E-state index is 0.158. The third-order valence-corrected chi connectivity index (χ3v) is 6.06. The van der Waals surface area contributed by atoms with Gasteiger partial charge in [-0.3, -0.25) is 14.2 Å². The third kappa shape index (κ3) is 4.11. The monoisotopic (exact) mass is 483 g/mol. The highest BCUT2D eigenvalue weighted by Gasteiger charge is 2.22. The van der Waals surface area contributed by atoms with Crippen molar-refractivity contribution in [3.8, 4) is 0 Å². The van der Waals surface area contributed by atoms with Crippen molar-refractivity contribution < 1.29 is 4.79 Å². The highest BCUT2D eigenvalue weighted by molar-refractivity contribution is 9.10. The van der Waals surface area contributed by atoms with Crippen molar-refractivity contribution in [1.29, 1.82) is 0 Å². The number of aryl methyl sites for hydroxylation is 1. The molecule has 1 atom stereocenters. The van der Waals surface area contributed by atoms with Crippen LogP contribution < -0.4 is 5.32 Å². The summed E-state index contributed by atoms with van der Waals surface area (Å²) in [6.45, 7) is 7.98. The molecule has 28 heavy (non-hydrogen) atoms. The van der Waals surface area contributed by atoms with Gasteiger partial charge in [-0.2, -0.15) is 10.2 Å². The lowest BCUT2D eigenvalue weighted by atomic mass is 10.2. The van der Waals surface area contributed by atoms with Gasteiger partial charge in [0, 0.05) is 10.0 Å². The van der Waals surface area contributed by atoms with Gasteiger partial charge in [0.05, 0.1) is 40.0 Å². The molecule has 3 aromatic rings. The summed E-state index contributed by atoms with van der Waals surface area (Å²) in [4.78, 5) is 12.8. The van der Waals surface area contributed by atoms with Crippen LogP contribution in [0.5, 0.6) is 0 Å². The fraction of sp³-hybridized carbons (Fsp3) is 0.316. The Labute approximate surface area is 182 Å². The Morgan fingerprint density at radius 3 is 2.57 bits per heavy atom. The summed E-state index contributed by atoms with van der Waals surface area (Å²) < 4.78 is 4.37. The summed E-state index contributed by atoms with van der Waals surface area (Å²) in [5.41, 5.74) is 4.08. The third-order valence-electron chi connectivity index (χ3n) is 4.70. The molecule has 0 aliphatic rings. The fourth-order valence-corrected chi connectivity index (χ4v) is 3.72. The summed E-state index contributed by atoms with van der Waals surface area (Å²) in [5.74, 6) is -0.158. The van der Waals surface area contributed by atoms with Gasteiger partial charge in [-0.15, -0.1) is 0 Å². The zero-order chi connectivity index (χ0) is 20.6. The highest BCUT2D eigenvalue weighted by Crippen LogP contribution is 2.26. The lowest BCUT2D eigenvalue weighted by molar-refractivity contribution is -0.119. The molecule has 1 unspecified atom stereocenters. The van der Waals surface area contributed by atoms with Gasteiger partial charge in [-0.05, 0) is 61.3 Å². The first-order valence-corrected chi connectivity index (χ1v) is 10.2. The largest absolute Gasteiger partial charge is 0.321 e. The quantitative estimate of drug-likeness (QED) is 0.532. The van der Waals surface area contributed by atoms with Crippen LogP contribution in [0.3, 0.4) is 0 Å². The smallest absolute Gasteiger partial charge is 0.249 e. The van der Waals surface area contributed by atoms with Crippen molar-refractivity contribution in [1.82, 2.24) is 19.6 Å². The molecule has 0 aliphatic carbocycles. The standard InChI is InChI=1S/C19H20BrCl2N5O/c1-10-18(24-19(28)13(4)27-11(2)16(20)8-23-27)12(3)26(25-10)9-14-5-6-15(21)7-17(14)22/h5-8,13H,9H2,1-4H3,(H,24,28). The molecule has 0 fully saturated rings. The Morgan fingerprint density at radius 1 is 1.25 bits per heavy atom. The van der Waals surface area contributed by atoms with Gasteiger partial charge in [-0.25, -0.2) is 0 Å². The minimum Gasteiger partial charge on any atom is -0.321 e. The first-order valence-electron chi connectivity index (χ1n) is 8.67. The zero-order valence-corrected chi connectivity index (χ0v) is 19.0. The summed E-state index contributed by atoms with van der Waals surface area (Å²) in [6, 6.07) is 4.92. The van der Waals surface area contributed by atoms with E-state index < -0.39 is 6.04 Å². The van der Waals surface area contributed by atoms with Crippen LogP contribution in [0.25, 0.3) is 0 Å². The predicted octanol–water partition coefficient (Wildman–Crippen LogP) is 5.32. The Balaban J connectivity index is 1.81. The van der Waals surface area contributed by atoms with E-state index >= 15 is 0 Å². The first kappa shape index (κ1) is 20.9. The maximum Gasteiger partial charge on any atom is 0.249 e. The first-order chi connectivity index (χ1) is 13.2. The molecule has 1 amide bonds. The Hall–Kier alpha value is -1.83. The number of amides is 1. The summed E-state index contributed by atoms with van der Waals surface area (Å²) in [7, 11) is 0. The molecule has 1 aromatic carbocycles. The van der Waals surface area contributed by atoms with E-state index in [-0.39, 0.29) is 5.91 Å². The van der Waals surface area contributed by atoms with Crippen molar-refractivity contribution in [2.24, 2.45) is 0 Å². The van der Waals surface area contributed by atoms with Crippen LogP contribution in [-0.4, -0.2) is 25.5 Å². The highest BCUT2D eigenvalue weighted by atomic mass is 79.9. The summed E-state index contributed by atoms with van der Waals surface area (Å²) in [6.07, 6.45) is 1.68. The van der Waals surface area contributed by atoms with Crippen molar-refractivity contribution >= 4 is 50.7 Å². The van der Waals surface area contributed by atoms with Crippen molar-refractivity contribution in [3.63, 3.8) is 0 Å². The van der Waals surface area contributed by atoms with E-state index in [0.717, 1.165) is 27.1 Å². The fourth-order valence-electron chi connectivity index (χ4n) is 2.97. The molecule has 0 saturated heterocycles. The van der Waals surface area contributed by atoms with Gasteiger partial charge in [-0.1, -0.05) is 29.3 Å². The molecule has 6 nitrogen and oxygen atoms in total. The molecule has 2 heterocycles. The Kier molecular flexibility index (Phi) is 6.17. The number of carbonyl (C=O) groups is 1. The average Bonchev–Trinajstić information content (AvgIpc) is 3.10. The van der Waals surface area contributed by atoms with E-state index in [4.69, 9.17) is 23.2 Å². The minimum atomic E-state index is -0.459. The molecule has 148 valence electrons. The number of hydrogen-bond acceptors (Lipinski definition) is 3. The SMILES string of the molecule is Cc1nn(Cc2ccc(Cl)cc2Cl)c(C)c1NC(=O)C(C)n1ncc(Br)c1C. The molecule has 0 saturated carbocycles. The zero-order valence-electron chi connectivity index (χ0n) is 15.9. The second-order valence-corrected chi connectivity index (χ2v) is 8.32. The van der Waals surface area contributed by atoms with Crippen molar-refractivity contribution in [2.45, 2.75) is 40.3 Å². The normalized spacial score (nSPS) is 12.2. The molecule has 0 radical (unpaired) electrons. The maximum atomic E-state index is 12.8. The molecule has 3 rings (SSSR count). The van der Waals surface area contributed by atoms with Gasteiger partial charge < -0.3 is 5.32 Å². The molecule has 1 N–H and O–H groups in total. The molecular formula is C19H20BrCl2N5O. The van der Waals surface area contributed by atoms with Crippen LogP contribution in [-0.2, 0) is 11.3 Å². The van der Waals surface area contributed by atoms with Gasteiger partial charge in [0.2, 0.25) is 5.91 Å². The van der Waals surface area contributed by atoms with Crippen LogP contribution in [0.1, 0.15) is 35.6 Å². The molecule has 0 bridgehead atoms. The Bertz CT molecular complexity index is 1040. The van der Waals surface area contributed by atoms with Gasteiger partial charge in [0.25, 0.3) is 0 Å².